The number of benzene rings is 2. The number of thiazole rings is 1. The van der Waals surface area contributed by atoms with Gasteiger partial charge in [0, 0.05) is 28.5 Å². The minimum absolute atomic E-state index is 0.0142. The zero-order valence-corrected chi connectivity index (χ0v) is 16.4. The van der Waals surface area contributed by atoms with Gasteiger partial charge in [0.1, 0.15) is 0 Å². The second kappa shape index (κ2) is 7.00. The number of hydrogen-bond donors (Lipinski definition) is 1. The van der Waals surface area contributed by atoms with E-state index in [0.717, 1.165) is 38.7 Å². The molecule has 4 aromatic rings. The third-order valence-electron chi connectivity index (χ3n) is 4.64. The van der Waals surface area contributed by atoms with Crippen LogP contribution in [0.25, 0.3) is 16.2 Å². The number of imidazole rings is 1. The third-order valence-corrected chi connectivity index (χ3v) is 5.52. The Hall–Kier alpha value is -2.92. The zero-order chi connectivity index (χ0) is 19.0. The zero-order valence-electron chi connectivity index (χ0n) is 15.6. The van der Waals surface area contributed by atoms with Crippen molar-refractivity contribution >= 4 is 27.9 Å². The van der Waals surface area contributed by atoms with E-state index in [1.54, 1.807) is 11.3 Å². The van der Waals surface area contributed by atoms with E-state index in [-0.39, 0.29) is 5.91 Å². The molecule has 4 rings (SSSR count). The number of aromatic nitrogens is 2. The largest absolute Gasteiger partial charge is 0.325 e. The molecule has 0 saturated carbocycles. The van der Waals surface area contributed by atoms with Gasteiger partial charge < -0.3 is 5.32 Å². The van der Waals surface area contributed by atoms with Gasteiger partial charge in [0.2, 0.25) is 5.91 Å². The Morgan fingerprint density at radius 2 is 1.81 bits per heavy atom. The van der Waals surface area contributed by atoms with Crippen LogP contribution in [-0.2, 0) is 11.2 Å². The molecule has 0 saturated heterocycles. The van der Waals surface area contributed by atoms with Crippen LogP contribution in [0.2, 0.25) is 0 Å². The molecule has 0 fully saturated rings. The van der Waals surface area contributed by atoms with E-state index in [1.165, 1.54) is 5.56 Å². The third kappa shape index (κ3) is 3.51. The molecule has 4 nitrogen and oxygen atoms in total. The van der Waals surface area contributed by atoms with Crippen LogP contribution in [0.15, 0.2) is 54.0 Å². The first-order valence-electron chi connectivity index (χ1n) is 8.90. The van der Waals surface area contributed by atoms with Gasteiger partial charge in [-0.15, -0.1) is 11.3 Å². The summed E-state index contributed by atoms with van der Waals surface area (Å²) in [7, 11) is 0. The molecule has 5 heteroatoms. The van der Waals surface area contributed by atoms with Crippen LogP contribution in [-0.4, -0.2) is 15.3 Å². The van der Waals surface area contributed by atoms with Gasteiger partial charge in [0.05, 0.1) is 12.1 Å². The highest BCUT2D eigenvalue weighted by atomic mass is 32.1. The highest BCUT2D eigenvalue weighted by Crippen LogP contribution is 2.25. The molecular weight excluding hydrogens is 354 g/mol. The number of carbonyl (C=O) groups excluding carboxylic acids is 1. The standard InChI is InChI=1S/C22H21N3OS/c1-14-9-15(2)21(16(3)10-14)24-20(26)11-18-13-27-22-23-19(12-25(18)22)17-7-5-4-6-8-17/h4-10,12-13H,11H2,1-3H3,(H,24,26). The molecule has 1 N–H and O–H groups in total. The molecule has 136 valence electrons. The van der Waals surface area contributed by atoms with E-state index in [0.29, 0.717) is 6.42 Å². The molecule has 0 bridgehead atoms. The summed E-state index contributed by atoms with van der Waals surface area (Å²) < 4.78 is 2.02. The van der Waals surface area contributed by atoms with Crippen molar-refractivity contribution < 1.29 is 4.79 Å². The van der Waals surface area contributed by atoms with Crippen molar-refractivity contribution in [1.29, 1.82) is 0 Å². The van der Waals surface area contributed by atoms with Crippen molar-refractivity contribution in [2.45, 2.75) is 27.2 Å². The van der Waals surface area contributed by atoms with Gasteiger partial charge in [-0.2, -0.15) is 0 Å². The Morgan fingerprint density at radius 1 is 1.11 bits per heavy atom. The highest BCUT2D eigenvalue weighted by molar-refractivity contribution is 7.15. The van der Waals surface area contributed by atoms with Gasteiger partial charge in [-0.05, 0) is 31.9 Å². The maximum atomic E-state index is 12.6. The second-order valence-corrected chi connectivity index (χ2v) is 7.71. The van der Waals surface area contributed by atoms with Crippen molar-refractivity contribution in [1.82, 2.24) is 9.38 Å². The van der Waals surface area contributed by atoms with E-state index < -0.39 is 0 Å². The van der Waals surface area contributed by atoms with Crippen LogP contribution in [0, 0.1) is 20.8 Å². The first-order chi connectivity index (χ1) is 13.0. The summed E-state index contributed by atoms with van der Waals surface area (Å²) in [5.41, 5.74) is 7.24. The Balaban J connectivity index is 1.57. The van der Waals surface area contributed by atoms with E-state index in [9.17, 15) is 4.79 Å². The molecule has 27 heavy (non-hydrogen) atoms. The maximum absolute atomic E-state index is 12.6. The highest BCUT2D eigenvalue weighted by Gasteiger charge is 2.14. The number of hydrogen-bond acceptors (Lipinski definition) is 3. The number of nitrogens with zero attached hydrogens (tertiary/aromatic N) is 2. The Morgan fingerprint density at radius 3 is 2.52 bits per heavy atom. The molecule has 2 heterocycles. The first kappa shape index (κ1) is 17.5. The molecule has 0 aliphatic heterocycles. The number of rotatable bonds is 4. The van der Waals surface area contributed by atoms with Crippen molar-refractivity contribution in [3.63, 3.8) is 0 Å². The molecule has 0 radical (unpaired) electrons. The monoisotopic (exact) mass is 375 g/mol. The lowest BCUT2D eigenvalue weighted by Crippen LogP contribution is -2.17. The van der Waals surface area contributed by atoms with E-state index in [2.05, 4.69) is 29.4 Å². The first-order valence-corrected chi connectivity index (χ1v) is 9.78. The average molecular weight is 375 g/mol. The summed E-state index contributed by atoms with van der Waals surface area (Å²) in [4.78, 5) is 18.2. The number of amides is 1. The summed E-state index contributed by atoms with van der Waals surface area (Å²) in [6.07, 6.45) is 2.32. The SMILES string of the molecule is Cc1cc(C)c(NC(=O)Cc2csc3nc(-c4ccccc4)cn23)c(C)c1. The minimum atomic E-state index is -0.0142. The predicted molar refractivity (Wildman–Crippen MR) is 111 cm³/mol. The minimum Gasteiger partial charge on any atom is -0.325 e. The summed E-state index contributed by atoms with van der Waals surface area (Å²) >= 11 is 1.56. The van der Waals surface area contributed by atoms with Crippen LogP contribution in [0.4, 0.5) is 5.69 Å². The van der Waals surface area contributed by atoms with Crippen molar-refractivity contribution in [2.75, 3.05) is 5.32 Å². The van der Waals surface area contributed by atoms with Gasteiger partial charge >= 0.3 is 0 Å². The normalized spacial score (nSPS) is 11.1. The predicted octanol–water partition coefficient (Wildman–Crippen LogP) is 5.17. The summed E-state index contributed by atoms with van der Waals surface area (Å²) in [6, 6.07) is 14.3. The molecule has 1 amide bonds. The smallest absolute Gasteiger partial charge is 0.230 e. The van der Waals surface area contributed by atoms with Crippen molar-refractivity contribution in [3.05, 3.63) is 76.4 Å². The van der Waals surface area contributed by atoms with Crippen LogP contribution in [0.1, 0.15) is 22.4 Å². The van der Waals surface area contributed by atoms with Crippen molar-refractivity contribution in [3.8, 4) is 11.3 Å². The summed E-state index contributed by atoms with van der Waals surface area (Å²) in [5.74, 6) is -0.0142. The van der Waals surface area contributed by atoms with Crippen LogP contribution < -0.4 is 5.32 Å². The van der Waals surface area contributed by atoms with Gasteiger partial charge in [-0.1, -0.05) is 48.0 Å². The molecule has 0 atom stereocenters. The number of fused-ring (bicyclic) bond motifs is 1. The quantitative estimate of drug-likeness (QED) is 0.535. The van der Waals surface area contributed by atoms with Gasteiger partial charge in [0.25, 0.3) is 0 Å². The Labute approximate surface area is 162 Å². The van der Waals surface area contributed by atoms with E-state index >= 15 is 0 Å². The molecule has 0 aliphatic rings. The number of carbonyl (C=O) groups is 1. The molecule has 2 aromatic carbocycles. The lowest BCUT2D eigenvalue weighted by molar-refractivity contribution is -0.115. The average Bonchev–Trinajstić information content (AvgIpc) is 3.21. The van der Waals surface area contributed by atoms with E-state index in [1.807, 2.05) is 60.2 Å². The summed E-state index contributed by atoms with van der Waals surface area (Å²) in [6.45, 7) is 6.12. The van der Waals surface area contributed by atoms with Crippen molar-refractivity contribution in [2.24, 2.45) is 0 Å². The summed E-state index contributed by atoms with van der Waals surface area (Å²) in [5, 5.41) is 5.08. The van der Waals surface area contributed by atoms with Gasteiger partial charge in [0.15, 0.2) is 4.96 Å². The fraction of sp³-hybridized carbons (Fsp3) is 0.182. The Kier molecular flexibility index (Phi) is 4.54. The molecule has 0 unspecified atom stereocenters. The molecule has 0 aliphatic carbocycles. The van der Waals surface area contributed by atoms with Crippen LogP contribution >= 0.6 is 11.3 Å². The number of nitrogens with one attached hydrogen (secondary N) is 1. The fourth-order valence-electron chi connectivity index (χ4n) is 3.43. The molecular formula is C22H21N3OS. The second-order valence-electron chi connectivity index (χ2n) is 6.87. The van der Waals surface area contributed by atoms with E-state index in [4.69, 9.17) is 0 Å². The maximum Gasteiger partial charge on any atom is 0.230 e. The number of anilines is 1. The molecule has 0 spiro atoms. The van der Waals surface area contributed by atoms with Gasteiger partial charge in [-0.25, -0.2) is 4.98 Å². The van der Waals surface area contributed by atoms with Crippen LogP contribution in [0.5, 0.6) is 0 Å². The molecule has 2 aromatic heterocycles. The number of aryl methyl sites for hydroxylation is 3. The lowest BCUT2D eigenvalue weighted by Gasteiger charge is -2.12. The fourth-order valence-corrected chi connectivity index (χ4v) is 4.30. The topological polar surface area (TPSA) is 46.4 Å². The lowest BCUT2D eigenvalue weighted by atomic mass is 10.0. The van der Waals surface area contributed by atoms with Gasteiger partial charge in [-0.3, -0.25) is 9.20 Å². The van der Waals surface area contributed by atoms with Crippen LogP contribution in [0.3, 0.4) is 0 Å². The Bertz CT molecular complexity index is 1100.